The van der Waals surface area contributed by atoms with Gasteiger partial charge in [0.2, 0.25) is 0 Å². The molecule has 1 aromatic rings. The molecule has 0 spiro atoms. The van der Waals surface area contributed by atoms with Crippen LogP contribution in [0.4, 0.5) is 5.82 Å². The lowest BCUT2D eigenvalue weighted by Gasteiger charge is -2.14. The molecule has 1 rings (SSSR count). The zero-order valence-corrected chi connectivity index (χ0v) is 10.4. The van der Waals surface area contributed by atoms with Crippen LogP contribution in [0.25, 0.3) is 0 Å². The Morgan fingerprint density at radius 3 is 3.00 bits per heavy atom. The van der Waals surface area contributed by atoms with Crippen molar-refractivity contribution in [2.45, 2.75) is 13.0 Å². The Morgan fingerprint density at radius 2 is 2.43 bits per heavy atom. The van der Waals surface area contributed by atoms with E-state index in [4.69, 9.17) is 16.3 Å². The molecule has 1 aromatic heterocycles. The van der Waals surface area contributed by atoms with E-state index >= 15 is 0 Å². The summed E-state index contributed by atoms with van der Waals surface area (Å²) in [5.74, 6) is 0.777. The molecule has 1 unspecified atom stereocenters. The molecule has 5 heteroatoms. The van der Waals surface area contributed by atoms with Crippen molar-refractivity contribution in [2.24, 2.45) is 0 Å². The van der Waals surface area contributed by atoms with E-state index in [-0.39, 0.29) is 6.04 Å². The summed E-state index contributed by atoms with van der Waals surface area (Å²) in [6.07, 6.45) is 1.61. The van der Waals surface area contributed by atoms with E-state index in [1.807, 2.05) is 6.92 Å². The van der Waals surface area contributed by atoms with Crippen LogP contribution in [0.3, 0.4) is 0 Å². The molecule has 78 valence electrons. The highest BCUT2D eigenvalue weighted by atomic mass is 79.9. The van der Waals surface area contributed by atoms with Gasteiger partial charge in [0.15, 0.2) is 0 Å². The van der Waals surface area contributed by atoms with E-state index in [1.54, 1.807) is 19.4 Å². The number of aromatic nitrogens is 1. The van der Waals surface area contributed by atoms with Crippen molar-refractivity contribution in [1.82, 2.24) is 4.98 Å². The molecule has 0 aliphatic carbocycles. The van der Waals surface area contributed by atoms with Gasteiger partial charge in [-0.15, -0.1) is 0 Å². The first-order valence-electron chi connectivity index (χ1n) is 4.20. The van der Waals surface area contributed by atoms with Crippen LogP contribution in [0.2, 0.25) is 5.02 Å². The van der Waals surface area contributed by atoms with Gasteiger partial charge in [-0.25, -0.2) is 4.98 Å². The standard InChI is InChI=1S/C9H12BrClN2O/c1-6(5-14-2)13-9-8(10)3-7(11)4-12-9/h3-4,6H,5H2,1-2H3,(H,12,13). The topological polar surface area (TPSA) is 34.1 Å². The number of pyridine rings is 1. The van der Waals surface area contributed by atoms with Crippen molar-refractivity contribution in [3.8, 4) is 0 Å². The number of halogens is 2. The summed E-state index contributed by atoms with van der Waals surface area (Å²) in [7, 11) is 1.67. The summed E-state index contributed by atoms with van der Waals surface area (Å²) < 4.78 is 5.86. The monoisotopic (exact) mass is 278 g/mol. The van der Waals surface area contributed by atoms with Crippen LogP contribution in [0.1, 0.15) is 6.92 Å². The highest BCUT2D eigenvalue weighted by Gasteiger charge is 2.06. The predicted octanol–water partition coefficient (Wildman–Crippen LogP) is 2.94. The molecule has 0 aliphatic heterocycles. The molecule has 1 atom stereocenters. The maximum atomic E-state index is 5.77. The van der Waals surface area contributed by atoms with Gasteiger partial charge in [-0.2, -0.15) is 0 Å². The first-order valence-corrected chi connectivity index (χ1v) is 5.37. The molecular weight excluding hydrogens is 267 g/mol. The number of rotatable bonds is 4. The normalized spacial score (nSPS) is 12.6. The van der Waals surface area contributed by atoms with Crippen LogP contribution >= 0.6 is 27.5 Å². The maximum absolute atomic E-state index is 5.77. The van der Waals surface area contributed by atoms with Crippen LogP contribution < -0.4 is 5.32 Å². The molecule has 0 aliphatic rings. The SMILES string of the molecule is COCC(C)Nc1ncc(Cl)cc1Br. The van der Waals surface area contributed by atoms with E-state index < -0.39 is 0 Å². The summed E-state index contributed by atoms with van der Waals surface area (Å²) in [5.41, 5.74) is 0. The zero-order valence-electron chi connectivity index (χ0n) is 8.05. The number of nitrogens with zero attached hydrogens (tertiary/aromatic N) is 1. The van der Waals surface area contributed by atoms with Crippen LogP contribution in [-0.2, 0) is 4.74 Å². The molecule has 1 heterocycles. The summed E-state index contributed by atoms with van der Waals surface area (Å²) in [6, 6.07) is 2.01. The second-order valence-electron chi connectivity index (χ2n) is 2.98. The van der Waals surface area contributed by atoms with Gasteiger partial charge in [-0.05, 0) is 28.9 Å². The summed E-state index contributed by atoms with van der Waals surface area (Å²) >= 11 is 9.15. The van der Waals surface area contributed by atoms with Gasteiger partial charge in [0.1, 0.15) is 5.82 Å². The second-order valence-corrected chi connectivity index (χ2v) is 4.28. The third-order valence-corrected chi connectivity index (χ3v) is 2.42. The van der Waals surface area contributed by atoms with Crippen LogP contribution in [0.5, 0.6) is 0 Å². The average Bonchev–Trinajstić information content (AvgIpc) is 2.10. The fourth-order valence-corrected chi connectivity index (χ4v) is 1.80. The first-order chi connectivity index (χ1) is 6.63. The smallest absolute Gasteiger partial charge is 0.140 e. The Morgan fingerprint density at radius 1 is 1.71 bits per heavy atom. The largest absolute Gasteiger partial charge is 0.383 e. The Hall–Kier alpha value is -0.320. The van der Waals surface area contributed by atoms with Crippen molar-refractivity contribution in [3.05, 3.63) is 21.8 Å². The number of hydrogen-bond acceptors (Lipinski definition) is 3. The molecule has 0 saturated heterocycles. The number of hydrogen-bond donors (Lipinski definition) is 1. The molecule has 0 saturated carbocycles. The van der Waals surface area contributed by atoms with Gasteiger partial charge in [-0.1, -0.05) is 11.6 Å². The molecular formula is C9H12BrClN2O. The fraction of sp³-hybridized carbons (Fsp3) is 0.444. The highest BCUT2D eigenvalue weighted by Crippen LogP contribution is 2.23. The molecule has 0 fully saturated rings. The van der Waals surface area contributed by atoms with Gasteiger partial charge in [-0.3, -0.25) is 0 Å². The average molecular weight is 280 g/mol. The maximum Gasteiger partial charge on any atom is 0.140 e. The second kappa shape index (κ2) is 5.53. The fourth-order valence-electron chi connectivity index (χ4n) is 1.05. The third kappa shape index (κ3) is 3.44. The van der Waals surface area contributed by atoms with Gasteiger partial charge in [0, 0.05) is 19.3 Å². The lowest BCUT2D eigenvalue weighted by molar-refractivity contribution is 0.190. The third-order valence-electron chi connectivity index (χ3n) is 1.61. The van der Waals surface area contributed by atoms with Gasteiger partial charge >= 0.3 is 0 Å². The van der Waals surface area contributed by atoms with Gasteiger partial charge in [0.25, 0.3) is 0 Å². The van der Waals surface area contributed by atoms with E-state index in [1.165, 1.54) is 0 Å². The van der Waals surface area contributed by atoms with Crippen molar-refractivity contribution >= 4 is 33.3 Å². The molecule has 0 bridgehead atoms. The summed E-state index contributed by atoms with van der Waals surface area (Å²) in [5, 5.41) is 3.81. The van der Waals surface area contributed by atoms with Crippen molar-refractivity contribution in [1.29, 1.82) is 0 Å². The minimum atomic E-state index is 0.213. The molecule has 0 amide bonds. The van der Waals surface area contributed by atoms with Crippen LogP contribution in [0.15, 0.2) is 16.7 Å². The van der Waals surface area contributed by atoms with Gasteiger partial charge in [0.05, 0.1) is 16.1 Å². The number of ether oxygens (including phenoxy) is 1. The van der Waals surface area contributed by atoms with E-state index in [2.05, 4.69) is 26.2 Å². The lowest BCUT2D eigenvalue weighted by atomic mass is 10.3. The Kier molecular flexibility index (Phi) is 4.65. The predicted molar refractivity (Wildman–Crippen MR) is 61.9 cm³/mol. The Balaban J connectivity index is 2.67. The van der Waals surface area contributed by atoms with E-state index in [0.29, 0.717) is 11.6 Å². The lowest BCUT2D eigenvalue weighted by Crippen LogP contribution is -2.21. The number of methoxy groups -OCH3 is 1. The minimum Gasteiger partial charge on any atom is -0.383 e. The summed E-state index contributed by atoms with van der Waals surface area (Å²) in [4.78, 5) is 4.15. The quantitative estimate of drug-likeness (QED) is 0.920. The Labute approximate surface area is 96.9 Å². The van der Waals surface area contributed by atoms with Crippen molar-refractivity contribution in [2.75, 3.05) is 19.0 Å². The zero-order chi connectivity index (χ0) is 10.6. The van der Waals surface area contributed by atoms with Gasteiger partial charge < -0.3 is 10.1 Å². The molecule has 0 radical (unpaired) electrons. The van der Waals surface area contributed by atoms with Crippen molar-refractivity contribution < 1.29 is 4.74 Å². The van der Waals surface area contributed by atoms with Crippen LogP contribution in [0, 0.1) is 0 Å². The molecule has 3 nitrogen and oxygen atoms in total. The van der Waals surface area contributed by atoms with Crippen molar-refractivity contribution in [3.63, 3.8) is 0 Å². The minimum absolute atomic E-state index is 0.213. The number of nitrogens with one attached hydrogen (secondary N) is 1. The molecule has 1 N–H and O–H groups in total. The molecule has 14 heavy (non-hydrogen) atoms. The van der Waals surface area contributed by atoms with E-state index in [0.717, 1.165) is 10.3 Å². The number of anilines is 1. The summed E-state index contributed by atoms with van der Waals surface area (Å²) in [6.45, 7) is 2.66. The van der Waals surface area contributed by atoms with E-state index in [9.17, 15) is 0 Å². The van der Waals surface area contributed by atoms with Crippen LogP contribution in [-0.4, -0.2) is 24.7 Å². The Bertz CT molecular complexity index is 309. The molecule has 0 aromatic carbocycles. The first kappa shape index (κ1) is 11.8. The highest BCUT2D eigenvalue weighted by molar-refractivity contribution is 9.10.